The highest BCUT2D eigenvalue weighted by molar-refractivity contribution is 6.03. The number of carbonyl (C=O) groups excluding carboxylic acids is 1. The van der Waals surface area contributed by atoms with Gasteiger partial charge in [-0.3, -0.25) is 4.79 Å². The lowest BCUT2D eigenvalue weighted by Gasteiger charge is -2.10. The summed E-state index contributed by atoms with van der Waals surface area (Å²) >= 11 is 0. The van der Waals surface area contributed by atoms with E-state index in [1.54, 1.807) is 0 Å². The van der Waals surface area contributed by atoms with Crippen molar-refractivity contribution in [1.29, 1.82) is 5.26 Å². The highest BCUT2D eigenvalue weighted by atomic mass is 19.4. The van der Waals surface area contributed by atoms with E-state index in [9.17, 15) is 22.4 Å². The molecule has 0 aliphatic carbocycles. The van der Waals surface area contributed by atoms with Gasteiger partial charge in [-0.05, 0) is 36.4 Å². The van der Waals surface area contributed by atoms with E-state index in [4.69, 9.17) is 10.4 Å². The number of benzene rings is 2. The summed E-state index contributed by atoms with van der Waals surface area (Å²) < 4.78 is 53.7. The van der Waals surface area contributed by atoms with Crippen molar-refractivity contribution in [3.63, 3.8) is 0 Å². The number of nitrogens with one attached hydrogen (secondary N) is 1. The largest absolute Gasteiger partial charge is 0.435 e. The highest BCUT2D eigenvalue weighted by Crippen LogP contribution is 2.30. The molecule has 0 unspecified atom stereocenters. The summed E-state index contributed by atoms with van der Waals surface area (Å²) in [5.74, 6) is -1.63. The molecule has 0 spiro atoms. The zero-order chi connectivity index (χ0) is 21.2. The fourth-order valence-corrected chi connectivity index (χ4v) is 2.55. The van der Waals surface area contributed by atoms with Crippen molar-refractivity contribution < 1.29 is 27.5 Å². The number of hydrogen-bond acceptors (Lipinski definition) is 4. The van der Waals surface area contributed by atoms with Crippen LogP contribution in [0.2, 0.25) is 0 Å². The molecule has 0 saturated carbocycles. The Kier molecular flexibility index (Phi) is 5.34. The molecule has 0 bridgehead atoms. The summed E-state index contributed by atoms with van der Waals surface area (Å²) in [6.07, 6.45) is -4.80. The third kappa shape index (κ3) is 4.25. The molecule has 0 aliphatic heterocycles. The smallest absolute Gasteiger partial charge is 0.392 e. The van der Waals surface area contributed by atoms with Gasteiger partial charge in [-0.2, -0.15) is 23.5 Å². The fraction of sp³-hybridized carbons (Fsp3) is 0.105. The molecule has 6 nitrogen and oxygen atoms in total. The Hall–Kier alpha value is -3.71. The SMILES string of the molecule is N#Cc1cccc(-n2nc(C(F)(F)F)cc2C(=O)Nc2ccc(F)c(CO)c2)c1. The molecule has 0 aliphatic rings. The predicted molar refractivity (Wildman–Crippen MR) is 93.6 cm³/mol. The van der Waals surface area contributed by atoms with Gasteiger partial charge in [0.1, 0.15) is 11.5 Å². The lowest BCUT2D eigenvalue weighted by Crippen LogP contribution is -2.17. The Morgan fingerprint density at radius 2 is 1.97 bits per heavy atom. The van der Waals surface area contributed by atoms with Gasteiger partial charge in [0.15, 0.2) is 5.69 Å². The first-order valence-corrected chi connectivity index (χ1v) is 8.11. The molecule has 3 rings (SSSR count). The van der Waals surface area contributed by atoms with Crippen LogP contribution in [-0.2, 0) is 12.8 Å². The molecule has 0 atom stereocenters. The molecule has 0 radical (unpaired) electrons. The quantitative estimate of drug-likeness (QED) is 0.650. The van der Waals surface area contributed by atoms with E-state index >= 15 is 0 Å². The number of hydrogen-bond donors (Lipinski definition) is 2. The Bertz CT molecular complexity index is 1120. The minimum Gasteiger partial charge on any atom is -0.392 e. The number of nitriles is 1. The molecule has 29 heavy (non-hydrogen) atoms. The number of aliphatic hydroxyl groups excluding tert-OH is 1. The molecular formula is C19H12F4N4O2. The number of anilines is 1. The zero-order valence-corrected chi connectivity index (χ0v) is 14.5. The number of aliphatic hydroxyl groups is 1. The maximum absolute atomic E-state index is 13.5. The molecule has 148 valence electrons. The van der Waals surface area contributed by atoms with E-state index in [1.807, 2.05) is 6.07 Å². The van der Waals surface area contributed by atoms with Crippen molar-refractivity contribution in [3.8, 4) is 11.8 Å². The normalized spacial score (nSPS) is 11.2. The van der Waals surface area contributed by atoms with Crippen molar-refractivity contribution in [2.24, 2.45) is 0 Å². The maximum atomic E-state index is 13.5. The molecule has 10 heteroatoms. The van der Waals surface area contributed by atoms with Crippen LogP contribution >= 0.6 is 0 Å². The van der Waals surface area contributed by atoms with Crippen molar-refractivity contribution in [1.82, 2.24) is 9.78 Å². The van der Waals surface area contributed by atoms with Gasteiger partial charge in [-0.25, -0.2) is 9.07 Å². The molecule has 0 fully saturated rings. The number of nitrogens with zero attached hydrogens (tertiary/aromatic N) is 3. The van der Waals surface area contributed by atoms with Crippen LogP contribution < -0.4 is 5.32 Å². The predicted octanol–water partition coefficient (Wildman–Crippen LogP) is 3.65. The van der Waals surface area contributed by atoms with Crippen molar-refractivity contribution in [3.05, 3.63) is 76.9 Å². The van der Waals surface area contributed by atoms with Crippen molar-refractivity contribution in [2.45, 2.75) is 12.8 Å². The van der Waals surface area contributed by atoms with Crippen LogP contribution in [0.15, 0.2) is 48.5 Å². The van der Waals surface area contributed by atoms with E-state index in [-0.39, 0.29) is 22.5 Å². The molecule has 0 saturated heterocycles. The zero-order valence-electron chi connectivity index (χ0n) is 14.5. The van der Waals surface area contributed by atoms with Gasteiger partial charge in [0, 0.05) is 17.3 Å². The molecule has 3 aromatic rings. The summed E-state index contributed by atoms with van der Waals surface area (Å²) in [7, 11) is 0. The summed E-state index contributed by atoms with van der Waals surface area (Å²) in [5.41, 5.74) is -1.49. The third-order valence-corrected chi connectivity index (χ3v) is 3.93. The second-order valence-electron chi connectivity index (χ2n) is 5.90. The van der Waals surface area contributed by atoms with Gasteiger partial charge >= 0.3 is 6.18 Å². The molecular weight excluding hydrogens is 392 g/mol. The van der Waals surface area contributed by atoms with E-state index in [0.29, 0.717) is 6.07 Å². The second kappa shape index (κ2) is 7.73. The topological polar surface area (TPSA) is 90.9 Å². The number of amides is 1. The van der Waals surface area contributed by atoms with Crippen LogP contribution in [0.5, 0.6) is 0 Å². The van der Waals surface area contributed by atoms with Crippen molar-refractivity contribution >= 4 is 11.6 Å². The third-order valence-electron chi connectivity index (χ3n) is 3.93. The first-order chi connectivity index (χ1) is 13.7. The Morgan fingerprint density at radius 3 is 2.62 bits per heavy atom. The van der Waals surface area contributed by atoms with E-state index < -0.39 is 35.9 Å². The standard InChI is InChI=1S/C19H12F4N4O2/c20-15-5-4-13(7-12(15)10-28)25-18(29)16-8-17(19(21,22)23)26-27(16)14-3-1-2-11(6-14)9-24/h1-8,28H,10H2,(H,25,29). The number of rotatable bonds is 4. The summed E-state index contributed by atoms with van der Waals surface area (Å²) in [4.78, 5) is 12.6. The second-order valence-corrected chi connectivity index (χ2v) is 5.90. The van der Waals surface area contributed by atoms with Gasteiger partial charge in [0.05, 0.1) is 23.9 Å². The number of halogens is 4. The lowest BCUT2D eigenvalue weighted by molar-refractivity contribution is -0.141. The molecule has 2 aromatic carbocycles. The molecule has 1 aromatic heterocycles. The number of carbonyl (C=O) groups is 1. The average Bonchev–Trinajstić information content (AvgIpc) is 3.15. The molecule has 2 N–H and O–H groups in total. The van der Waals surface area contributed by atoms with E-state index in [2.05, 4.69) is 10.4 Å². The Labute approximate surface area is 161 Å². The van der Waals surface area contributed by atoms with Gasteiger partial charge in [0.2, 0.25) is 0 Å². The van der Waals surface area contributed by atoms with Crippen LogP contribution in [0.25, 0.3) is 5.69 Å². The van der Waals surface area contributed by atoms with Crippen LogP contribution in [0, 0.1) is 17.1 Å². The van der Waals surface area contributed by atoms with Gasteiger partial charge in [-0.1, -0.05) is 6.07 Å². The summed E-state index contributed by atoms with van der Waals surface area (Å²) in [6, 6.07) is 11.4. The highest BCUT2D eigenvalue weighted by Gasteiger charge is 2.36. The summed E-state index contributed by atoms with van der Waals surface area (Å²) in [6.45, 7) is -0.618. The first kappa shape index (κ1) is 20.0. The van der Waals surface area contributed by atoms with Gasteiger partial charge in [0.25, 0.3) is 5.91 Å². The molecule has 1 heterocycles. The van der Waals surface area contributed by atoms with E-state index in [1.165, 1.54) is 30.3 Å². The van der Waals surface area contributed by atoms with Crippen LogP contribution in [-0.4, -0.2) is 20.8 Å². The Balaban J connectivity index is 2.04. The minimum absolute atomic E-state index is 0.0764. The maximum Gasteiger partial charge on any atom is 0.435 e. The minimum atomic E-state index is -4.80. The van der Waals surface area contributed by atoms with Gasteiger partial charge in [-0.15, -0.1) is 0 Å². The Morgan fingerprint density at radius 1 is 1.21 bits per heavy atom. The fourth-order valence-electron chi connectivity index (χ4n) is 2.55. The van der Waals surface area contributed by atoms with E-state index in [0.717, 1.165) is 16.8 Å². The average molecular weight is 404 g/mol. The summed E-state index contributed by atoms with van der Waals surface area (Å²) in [5, 5.41) is 23.9. The molecule has 1 amide bonds. The first-order valence-electron chi connectivity index (χ1n) is 8.11. The lowest BCUT2D eigenvalue weighted by atomic mass is 10.2. The monoisotopic (exact) mass is 404 g/mol. The van der Waals surface area contributed by atoms with Crippen molar-refractivity contribution in [2.75, 3.05) is 5.32 Å². The van der Waals surface area contributed by atoms with Gasteiger partial charge < -0.3 is 10.4 Å². The van der Waals surface area contributed by atoms with Crippen LogP contribution in [0.1, 0.15) is 27.3 Å². The number of alkyl halides is 3. The number of aromatic nitrogens is 2. The van der Waals surface area contributed by atoms with Crippen LogP contribution in [0.3, 0.4) is 0 Å². The van der Waals surface area contributed by atoms with Crippen LogP contribution in [0.4, 0.5) is 23.2 Å².